The van der Waals surface area contributed by atoms with Crippen LogP contribution in [0.25, 0.3) is 0 Å². The average molecular weight is 309 g/mol. The molecule has 1 saturated heterocycles. The number of piperidine rings is 1. The van der Waals surface area contributed by atoms with Crippen LogP contribution in [-0.2, 0) is 19.1 Å². The van der Waals surface area contributed by atoms with Crippen LogP contribution in [0.4, 0.5) is 5.82 Å². The Morgan fingerprint density at radius 1 is 1.50 bits per heavy atom. The summed E-state index contributed by atoms with van der Waals surface area (Å²) in [6, 6.07) is 1.56. The summed E-state index contributed by atoms with van der Waals surface area (Å²) in [5, 5.41) is 6.07. The van der Waals surface area contributed by atoms with E-state index in [-0.39, 0.29) is 24.2 Å². The van der Waals surface area contributed by atoms with Crippen molar-refractivity contribution in [3.05, 3.63) is 11.8 Å². The Balaban J connectivity index is 1.77. The van der Waals surface area contributed by atoms with Crippen molar-refractivity contribution in [2.24, 2.45) is 5.92 Å². The standard InChI is InChI=1S/C14H19N3O5/c1-9-6-12(16-22-9)15-13(19)8-21-14(20)11-4-3-5-17(7-11)10(2)18/h6,11H,3-5,7-8H2,1-2H3,(H,15,16,19)/t11-/m0/s1. The normalized spacial score (nSPS) is 17.9. The number of nitrogens with zero attached hydrogens (tertiary/aromatic N) is 2. The summed E-state index contributed by atoms with van der Waals surface area (Å²) < 4.78 is 9.81. The molecule has 0 unspecified atom stereocenters. The molecular weight excluding hydrogens is 290 g/mol. The maximum Gasteiger partial charge on any atom is 0.311 e. The van der Waals surface area contributed by atoms with Gasteiger partial charge in [-0.1, -0.05) is 5.16 Å². The fourth-order valence-corrected chi connectivity index (χ4v) is 2.31. The third-order valence-corrected chi connectivity index (χ3v) is 3.44. The van der Waals surface area contributed by atoms with E-state index in [9.17, 15) is 14.4 Å². The summed E-state index contributed by atoms with van der Waals surface area (Å²) in [5.74, 6) is -0.535. The summed E-state index contributed by atoms with van der Waals surface area (Å²) in [6.45, 7) is 3.79. The van der Waals surface area contributed by atoms with Crippen molar-refractivity contribution < 1.29 is 23.6 Å². The molecule has 120 valence electrons. The van der Waals surface area contributed by atoms with E-state index in [0.29, 0.717) is 25.3 Å². The second-order valence-electron chi connectivity index (χ2n) is 5.28. The molecule has 0 bridgehead atoms. The van der Waals surface area contributed by atoms with Gasteiger partial charge in [-0.25, -0.2) is 0 Å². The van der Waals surface area contributed by atoms with Crippen molar-refractivity contribution in [1.82, 2.24) is 10.1 Å². The van der Waals surface area contributed by atoms with Gasteiger partial charge in [-0.2, -0.15) is 0 Å². The van der Waals surface area contributed by atoms with E-state index >= 15 is 0 Å². The van der Waals surface area contributed by atoms with Gasteiger partial charge in [-0.15, -0.1) is 0 Å². The molecule has 1 fully saturated rings. The van der Waals surface area contributed by atoms with E-state index in [1.807, 2.05) is 0 Å². The number of ether oxygens (including phenoxy) is 1. The molecule has 0 aliphatic carbocycles. The monoisotopic (exact) mass is 309 g/mol. The first-order valence-electron chi connectivity index (χ1n) is 7.11. The first-order chi connectivity index (χ1) is 10.5. The van der Waals surface area contributed by atoms with Crippen molar-refractivity contribution in [3.8, 4) is 0 Å². The van der Waals surface area contributed by atoms with Gasteiger partial charge < -0.3 is 19.5 Å². The Morgan fingerprint density at radius 3 is 2.91 bits per heavy atom. The highest BCUT2D eigenvalue weighted by molar-refractivity contribution is 5.92. The Labute approximate surface area is 127 Å². The van der Waals surface area contributed by atoms with E-state index in [1.54, 1.807) is 17.9 Å². The van der Waals surface area contributed by atoms with Gasteiger partial charge in [-0.05, 0) is 19.8 Å². The van der Waals surface area contributed by atoms with Crippen LogP contribution in [0.1, 0.15) is 25.5 Å². The van der Waals surface area contributed by atoms with Crippen LogP contribution in [0.15, 0.2) is 10.6 Å². The lowest BCUT2D eigenvalue weighted by molar-refractivity contribution is -0.154. The number of esters is 1. The summed E-state index contributed by atoms with van der Waals surface area (Å²) in [6.07, 6.45) is 1.41. The quantitative estimate of drug-likeness (QED) is 0.822. The number of anilines is 1. The largest absolute Gasteiger partial charge is 0.455 e. The molecule has 0 radical (unpaired) electrons. The molecule has 0 saturated carbocycles. The Bertz CT molecular complexity index is 569. The van der Waals surface area contributed by atoms with Gasteiger partial charge in [0.15, 0.2) is 12.4 Å². The number of aryl methyl sites for hydroxylation is 1. The second kappa shape index (κ2) is 7.06. The van der Waals surface area contributed by atoms with Crippen LogP contribution < -0.4 is 5.32 Å². The fraction of sp³-hybridized carbons (Fsp3) is 0.571. The maximum atomic E-state index is 12.0. The SMILES string of the molecule is CC(=O)N1CCC[C@H](C(=O)OCC(=O)Nc2cc(C)on2)C1. The van der Waals surface area contributed by atoms with Gasteiger partial charge in [0.1, 0.15) is 5.76 Å². The molecule has 1 aromatic heterocycles. The van der Waals surface area contributed by atoms with Gasteiger partial charge in [0, 0.05) is 26.1 Å². The van der Waals surface area contributed by atoms with E-state index in [2.05, 4.69) is 10.5 Å². The maximum absolute atomic E-state index is 12.0. The summed E-state index contributed by atoms with van der Waals surface area (Å²) in [4.78, 5) is 36.6. The van der Waals surface area contributed by atoms with Crippen molar-refractivity contribution in [1.29, 1.82) is 0 Å². The van der Waals surface area contributed by atoms with Gasteiger partial charge in [0.25, 0.3) is 5.91 Å². The highest BCUT2D eigenvalue weighted by atomic mass is 16.5. The molecular formula is C14H19N3O5. The molecule has 22 heavy (non-hydrogen) atoms. The molecule has 8 heteroatoms. The number of hydrogen-bond acceptors (Lipinski definition) is 6. The third-order valence-electron chi connectivity index (χ3n) is 3.44. The Hall–Kier alpha value is -2.38. The minimum absolute atomic E-state index is 0.0587. The smallest absolute Gasteiger partial charge is 0.311 e. The highest BCUT2D eigenvalue weighted by Gasteiger charge is 2.28. The minimum Gasteiger partial charge on any atom is -0.455 e. The van der Waals surface area contributed by atoms with Crippen LogP contribution in [0.5, 0.6) is 0 Å². The number of aromatic nitrogens is 1. The van der Waals surface area contributed by atoms with Gasteiger partial charge in [0.2, 0.25) is 5.91 Å². The lowest BCUT2D eigenvalue weighted by Crippen LogP contribution is -2.42. The topological polar surface area (TPSA) is 102 Å². The molecule has 1 aliphatic rings. The summed E-state index contributed by atoms with van der Waals surface area (Å²) in [7, 11) is 0. The summed E-state index contributed by atoms with van der Waals surface area (Å²) in [5.41, 5.74) is 0. The molecule has 1 aliphatic heterocycles. The van der Waals surface area contributed by atoms with Gasteiger partial charge in [0.05, 0.1) is 5.92 Å². The van der Waals surface area contributed by atoms with Crippen LogP contribution in [-0.4, -0.2) is 47.5 Å². The Kier molecular flexibility index (Phi) is 5.13. The minimum atomic E-state index is -0.485. The molecule has 0 spiro atoms. The van der Waals surface area contributed by atoms with Crippen molar-refractivity contribution >= 4 is 23.6 Å². The number of carbonyl (C=O) groups is 3. The fourth-order valence-electron chi connectivity index (χ4n) is 2.31. The van der Waals surface area contributed by atoms with Crippen molar-refractivity contribution in [3.63, 3.8) is 0 Å². The van der Waals surface area contributed by atoms with Gasteiger partial charge >= 0.3 is 5.97 Å². The van der Waals surface area contributed by atoms with Crippen LogP contribution in [0.2, 0.25) is 0 Å². The third kappa shape index (κ3) is 4.31. The molecule has 0 aromatic carbocycles. The Morgan fingerprint density at radius 2 is 2.27 bits per heavy atom. The molecule has 8 nitrogen and oxygen atoms in total. The van der Waals surface area contributed by atoms with Crippen LogP contribution in [0.3, 0.4) is 0 Å². The van der Waals surface area contributed by atoms with E-state index in [4.69, 9.17) is 9.26 Å². The molecule has 2 rings (SSSR count). The number of carbonyl (C=O) groups excluding carboxylic acids is 3. The lowest BCUT2D eigenvalue weighted by atomic mass is 9.98. The van der Waals surface area contributed by atoms with Crippen LogP contribution in [0, 0.1) is 12.8 Å². The lowest BCUT2D eigenvalue weighted by Gasteiger charge is -2.30. The molecule has 1 atom stereocenters. The zero-order valence-corrected chi connectivity index (χ0v) is 12.6. The average Bonchev–Trinajstić information content (AvgIpc) is 2.90. The molecule has 1 N–H and O–H groups in total. The first kappa shape index (κ1) is 16.0. The first-order valence-corrected chi connectivity index (χ1v) is 7.11. The van der Waals surface area contributed by atoms with Crippen LogP contribution >= 0.6 is 0 Å². The van der Waals surface area contributed by atoms with E-state index in [1.165, 1.54) is 6.92 Å². The predicted octanol–water partition coefficient (Wildman–Crippen LogP) is 0.723. The zero-order chi connectivity index (χ0) is 16.1. The number of likely N-dealkylation sites (tertiary alicyclic amines) is 1. The number of amides is 2. The van der Waals surface area contributed by atoms with E-state index < -0.39 is 11.9 Å². The number of nitrogens with one attached hydrogen (secondary N) is 1. The second-order valence-corrected chi connectivity index (χ2v) is 5.28. The molecule has 1 aromatic rings. The van der Waals surface area contributed by atoms with E-state index in [0.717, 1.165) is 6.42 Å². The van der Waals surface area contributed by atoms with Crippen molar-refractivity contribution in [2.75, 3.05) is 25.0 Å². The van der Waals surface area contributed by atoms with Crippen molar-refractivity contribution in [2.45, 2.75) is 26.7 Å². The zero-order valence-electron chi connectivity index (χ0n) is 12.6. The number of rotatable bonds is 4. The molecule has 2 heterocycles. The number of hydrogen-bond donors (Lipinski definition) is 1. The highest BCUT2D eigenvalue weighted by Crippen LogP contribution is 2.18. The predicted molar refractivity (Wildman–Crippen MR) is 75.8 cm³/mol. The summed E-state index contributed by atoms with van der Waals surface area (Å²) >= 11 is 0. The van der Waals surface area contributed by atoms with Gasteiger partial charge in [-0.3, -0.25) is 14.4 Å². The molecule has 2 amide bonds.